The van der Waals surface area contributed by atoms with Gasteiger partial charge in [-0.05, 0) is 18.2 Å². The van der Waals surface area contributed by atoms with Gasteiger partial charge in [0, 0.05) is 0 Å². The molecular formula is C13H9N3O3. The zero-order chi connectivity index (χ0) is 13.4. The normalized spacial score (nSPS) is 11.9. The molecule has 1 N–H and O–H groups in total. The van der Waals surface area contributed by atoms with Gasteiger partial charge in [0.05, 0.1) is 36.6 Å². The van der Waals surface area contributed by atoms with Gasteiger partial charge in [0.1, 0.15) is 5.69 Å². The van der Waals surface area contributed by atoms with Crippen molar-refractivity contribution < 1.29 is 14.3 Å². The molecule has 0 saturated heterocycles. The van der Waals surface area contributed by atoms with E-state index in [-0.39, 0.29) is 5.70 Å². The van der Waals surface area contributed by atoms with Crippen LogP contribution in [-0.2, 0) is 9.53 Å². The Labute approximate surface area is 108 Å². The fourth-order valence-electron chi connectivity index (χ4n) is 2.04. The van der Waals surface area contributed by atoms with Gasteiger partial charge in [0.15, 0.2) is 11.6 Å². The number of hydrogen-bond donors (Lipinski definition) is 1. The molecule has 0 bridgehead atoms. The molecule has 1 aliphatic rings. The molecule has 1 aliphatic heterocycles. The lowest BCUT2D eigenvalue weighted by molar-refractivity contribution is 0.0601. The number of aromatic nitrogens is 2. The number of imidazole rings is 1. The van der Waals surface area contributed by atoms with E-state index in [1.54, 1.807) is 35.3 Å². The molecule has 1 aromatic heterocycles. The Bertz CT molecular complexity index is 726. The molecule has 0 spiro atoms. The summed E-state index contributed by atoms with van der Waals surface area (Å²) in [5.74, 6) is 1.40. The Kier molecular flexibility index (Phi) is 2.44. The summed E-state index contributed by atoms with van der Waals surface area (Å²) in [6.45, 7) is 0. The topological polar surface area (TPSA) is 73.2 Å². The van der Waals surface area contributed by atoms with Crippen molar-refractivity contribution in [1.29, 1.82) is 0 Å². The van der Waals surface area contributed by atoms with Crippen LogP contribution in [0.3, 0.4) is 0 Å². The van der Waals surface area contributed by atoms with Gasteiger partial charge in [-0.3, -0.25) is 4.57 Å². The first-order valence-corrected chi connectivity index (χ1v) is 5.52. The predicted octanol–water partition coefficient (Wildman–Crippen LogP) is 1.26. The average Bonchev–Trinajstić information content (AvgIpc) is 2.94. The summed E-state index contributed by atoms with van der Waals surface area (Å²) in [6.07, 6.45) is 3.18. The number of rotatable bonds is 1. The van der Waals surface area contributed by atoms with Crippen molar-refractivity contribution in [3.63, 3.8) is 0 Å². The highest BCUT2D eigenvalue weighted by Crippen LogP contribution is 2.32. The molecule has 6 heteroatoms. The van der Waals surface area contributed by atoms with E-state index in [2.05, 4.69) is 15.0 Å². The second-order valence-electron chi connectivity index (χ2n) is 3.97. The van der Waals surface area contributed by atoms with Gasteiger partial charge in [-0.25, -0.2) is 14.6 Å². The molecule has 0 aliphatic carbocycles. The summed E-state index contributed by atoms with van der Waals surface area (Å²) in [7, 11) is 1.32. The number of fused-ring (bicyclic) bond motifs is 3. The maximum absolute atomic E-state index is 11.5. The van der Waals surface area contributed by atoms with Gasteiger partial charge in [-0.1, -0.05) is 0 Å². The van der Waals surface area contributed by atoms with Crippen molar-refractivity contribution in [2.24, 2.45) is 0 Å². The van der Waals surface area contributed by atoms with Gasteiger partial charge in [0.25, 0.3) is 0 Å². The highest BCUT2D eigenvalue weighted by atomic mass is 16.5. The fraction of sp³-hybridized carbons (Fsp3) is 0.0769. The van der Waals surface area contributed by atoms with Crippen LogP contribution in [0.2, 0.25) is 0 Å². The lowest BCUT2D eigenvalue weighted by Gasteiger charge is -2.21. The van der Waals surface area contributed by atoms with Crippen molar-refractivity contribution in [1.82, 2.24) is 9.55 Å². The zero-order valence-electron chi connectivity index (χ0n) is 10.0. The molecule has 0 saturated carbocycles. The number of carbonyl (C=O) groups is 1. The van der Waals surface area contributed by atoms with Crippen molar-refractivity contribution in [3.05, 3.63) is 42.0 Å². The molecule has 0 unspecified atom stereocenters. The number of benzene rings is 1. The van der Waals surface area contributed by atoms with E-state index in [1.807, 2.05) is 5.94 Å². The third kappa shape index (κ3) is 1.63. The van der Waals surface area contributed by atoms with Crippen molar-refractivity contribution in [3.8, 4) is 5.69 Å². The molecule has 3 rings (SSSR count). The van der Waals surface area contributed by atoms with Crippen LogP contribution < -0.4 is 5.32 Å². The van der Waals surface area contributed by atoms with Gasteiger partial charge < -0.3 is 10.1 Å². The maximum Gasteiger partial charge on any atom is 0.337 e. The number of hydrogen-bond acceptors (Lipinski definition) is 5. The van der Waals surface area contributed by atoms with Gasteiger partial charge in [-0.2, -0.15) is 0 Å². The number of nitrogens with zero attached hydrogens (tertiary/aromatic N) is 2. The molecule has 1 aromatic carbocycles. The minimum absolute atomic E-state index is 0.284. The smallest absolute Gasteiger partial charge is 0.337 e. The molecule has 2 aromatic rings. The van der Waals surface area contributed by atoms with Crippen LogP contribution in [0.25, 0.3) is 11.4 Å². The minimum Gasteiger partial charge on any atom is -0.465 e. The lowest BCUT2D eigenvalue weighted by atomic mass is 10.1. The van der Waals surface area contributed by atoms with E-state index in [0.29, 0.717) is 16.9 Å². The molecule has 0 fully saturated rings. The Morgan fingerprint density at radius 1 is 1.47 bits per heavy atom. The van der Waals surface area contributed by atoms with E-state index in [4.69, 9.17) is 0 Å². The maximum atomic E-state index is 11.5. The Balaban J connectivity index is 2.19. The standard InChI is InChI=1S/C13H9N3O3/c1-19-13(18)8-2-3-11-9(4-8)15-10(6-17)12-5-14-7-16(11)12/h2-5,7,15H,1H3. The molecule has 6 nitrogen and oxygen atoms in total. The number of anilines is 1. The van der Waals surface area contributed by atoms with Crippen LogP contribution in [0, 0.1) is 0 Å². The predicted molar refractivity (Wildman–Crippen MR) is 67.6 cm³/mol. The summed E-state index contributed by atoms with van der Waals surface area (Å²) >= 11 is 0. The summed E-state index contributed by atoms with van der Waals surface area (Å²) in [4.78, 5) is 26.4. The summed E-state index contributed by atoms with van der Waals surface area (Å²) in [5.41, 5.74) is 2.76. The molecule has 2 heterocycles. The number of ether oxygens (including phenoxy) is 1. The minimum atomic E-state index is -0.433. The molecule has 0 radical (unpaired) electrons. The van der Waals surface area contributed by atoms with Crippen molar-refractivity contribution >= 4 is 23.3 Å². The number of esters is 1. The first-order chi connectivity index (χ1) is 9.24. The van der Waals surface area contributed by atoms with E-state index >= 15 is 0 Å². The van der Waals surface area contributed by atoms with Gasteiger partial charge in [-0.15, -0.1) is 0 Å². The molecule has 0 amide bonds. The molecule has 19 heavy (non-hydrogen) atoms. The number of methoxy groups -OCH3 is 1. The second-order valence-corrected chi connectivity index (χ2v) is 3.97. The highest BCUT2D eigenvalue weighted by Gasteiger charge is 2.21. The quantitative estimate of drug-likeness (QED) is 0.613. The van der Waals surface area contributed by atoms with Gasteiger partial charge in [0.2, 0.25) is 0 Å². The van der Waals surface area contributed by atoms with Crippen LogP contribution in [0.4, 0.5) is 5.69 Å². The van der Waals surface area contributed by atoms with Crippen molar-refractivity contribution in [2.45, 2.75) is 0 Å². The van der Waals surface area contributed by atoms with E-state index in [9.17, 15) is 9.59 Å². The molecule has 94 valence electrons. The fourth-order valence-corrected chi connectivity index (χ4v) is 2.04. The molecule has 0 atom stereocenters. The van der Waals surface area contributed by atoms with E-state index < -0.39 is 5.97 Å². The summed E-state index contributed by atoms with van der Waals surface area (Å²) in [5, 5.41) is 2.93. The Hall–Kier alpha value is -2.85. The summed E-state index contributed by atoms with van der Waals surface area (Å²) < 4.78 is 6.42. The SMILES string of the molecule is COC(=O)c1ccc2c(c1)NC(=C=O)c1cncn1-2. The Morgan fingerprint density at radius 3 is 3.05 bits per heavy atom. The average molecular weight is 255 g/mol. The van der Waals surface area contributed by atoms with Crippen LogP contribution >= 0.6 is 0 Å². The number of carbonyl (C=O) groups excluding carboxylic acids is 2. The number of nitrogens with one attached hydrogen (secondary N) is 1. The first kappa shape index (κ1) is 11.3. The monoisotopic (exact) mass is 255 g/mol. The summed E-state index contributed by atoms with van der Waals surface area (Å²) in [6, 6.07) is 5.05. The largest absolute Gasteiger partial charge is 0.465 e. The van der Waals surface area contributed by atoms with Crippen molar-refractivity contribution in [2.75, 3.05) is 12.4 Å². The Morgan fingerprint density at radius 2 is 2.32 bits per heavy atom. The van der Waals surface area contributed by atoms with Crippen LogP contribution in [-0.4, -0.2) is 28.6 Å². The first-order valence-electron chi connectivity index (χ1n) is 5.52. The molecular weight excluding hydrogens is 246 g/mol. The third-order valence-corrected chi connectivity index (χ3v) is 2.93. The highest BCUT2D eigenvalue weighted by molar-refractivity contribution is 5.99. The van der Waals surface area contributed by atoms with E-state index in [1.165, 1.54) is 7.11 Å². The van der Waals surface area contributed by atoms with Gasteiger partial charge >= 0.3 is 5.97 Å². The second kappa shape index (κ2) is 4.12. The third-order valence-electron chi connectivity index (χ3n) is 2.93. The lowest BCUT2D eigenvalue weighted by Crippen LogP contribution is -2.15. The van der Waals surface area contributed by atoms with Crippen LogP contribution in [0.1, 0.15) is 16.1 Å². The van der Waals surface area contributed by atoms with Crippen LogP contribution in [0.15, 0.2) is 30.7 Å². The van der Waals surface area contributed by atoms with E-state index in [0.717, 1.165) is 5.69 Å². The zero-order valence-corrected chi connectivity index (χ0v) is 10.0. The van der Waals surface area contributed by atoms with Crippen LogP contribution in [0.5, 0.6) is 0 Å².